The summed E-state index contributed by atoms with van der Waals surface area (Å²) in [5, 5.41) is 12.2. The Bertz CT molecular complexity index is 1620. The number of nitrogens with zero attached hydrogens (tertiary/aromatic N) is 2. The maximum atomic E-state index is 14.3. The van der Waals surface area contributed by atoms with E-state index >= 15 is 0 Å². The van der Waals surface area contributed by atoms with E-state index in [0.29, 0.717) is 41.9 Å². The normalized spacial score (nSPS) is 19.1. The minimum absolute atomic E-state index is 0.0582. The highest BCUT2D eigenvalue weighted by Gasteiger charge is 2.52. The number of amidine groups is 1. The van der Waals surface area contributed by atoms with E-state index in [4.69, 9.17) is 20.6 Å². The summed E-state index contributed by atoms with van der Waals surface area (Å²) >= 11 is 1.36. The van der Waals surface area contributed by atoms with Crippen LogP contribution < -0.4 is 11.1 Å². The van der Waals surface area contributed by atoms with Crippen molar-refractivity contribution in [3.8, 4) is 11.1 Å². The van der Waals surface area contributed by atoms with E-state index in [2.05, 4.69) is 5.32 Å². The number of benzene rings is 2. The van der Waals surface area contributed by atoms with E-state index in [1.165, 1.54) is 33.3 Å². The average molecular weight is 610 g/mol. The first-order valence-corrected chi connectivity index (χ1v) is 14.6. The minimum Gasteiger partial charge on any atom is -0.384 e. The molecule has 0 bridgehead atoms. The molecule has 43 heavy (non-hydrogen) atoms. The van der Waals surface area contributed by atoms with E-state index in [-0.39, 0.29) is 55.8 Å². The van der Waals surface area contributed by atoms with Crippen LogP contribution in [0.2, 0.25) is 0 Å². The van der Waals surface area contributed by atoms with Crippen LogP contribution in [-0.4, -0.2) is 78.0 Å². The van der Waals surface area contributed by atoms with Gasteiger partial charge in [0.2, 0.25) is 11.8 Å². The summed E-state index contributed by atoms with van der Waals surface area (Å²) in [5.41, 5.74) is 7.98. The number of nitrogens with two attached hydrogens (primary N) is 1. The van der Waals surface area contributed by atoms with Crippen LogP contribution in [0.15, 0.2) is 47.8 Å². The molecule has 2 fully saturated rings. The molecule has 10 nitrogen and oxygen atoms in total. The molecule has 3 aromatic rings. The Labute approximate surface area is 249 Å². The fourth-order valence-corrected chi connectivity index (χ4v) is 6.60. The standard InChI is InChI=1S/C30H29F2N5O5S/c31-20-2-4-22(24(32)11-20)17-1-3-23-18(9-17)5-6-36(29(23)40)14-26(38)37-16-30(41-7-8-42-30)12-25(37)28(39)35-13-21-10-19(15-43-21)27(33)34/h1-4,9-11,15,25H,5-8,12-14,16H2,(H3,33,34)(H,35,39). The van der Waals surface area contributed by atoms with E-state index in [1.54, 1.807) is 29.6 Å². The molecule has 2 aromatic carbocycles. The maximum absolute atomic E-state index is 14.3. The van der Waals surface area contributed by atoms with Gasteiger partial charge in [0.25, 0.3) is 5.91 Å². The number of hydrogen-bond acceptors (Lipinski definition) is 7. The zero-order chi connectivity index (χ0) is 30.3. The van der Waals surface area contributed by atoms with E-state index in [0.717, 1.165) is 10.9 Å². The van der Waals surface area contributed by atoms with Gasteiger partial charge in [-0.15, -0.1) is 11.3 Å². The van der Waals surface area contributed by atoms with Crippen molar-refractivity contribution in [1.29, 1.82) is 5.41 Å². The summed E-state index contributed by atoms with van der Waals surface area (Å²) in [4.78, 5) is 44.0. The quantitative estimate of drug-likeness (QED) is 0.278. The third-order valence-electron chi connectivity index (χ3n) is 7.97. The molecule has 0 aliphatic carbocycles. The van der Waals surface area contributed by atoms with Crippen molar-refractivity contribution in [3.05, 3.63) is 81.0 Å². The van der Waals surface area contributed by atoms with Crippen LogP contribution in [0.5, 0.6) is 0 Å². The monoisotopic (exact) mass is 609 g/mol. The lowest BCUT2D eigenvalue weighted by molar-refractivity contribution is -0.152. The van der Waals surface area contributed by atoms with Crippen molar-refractivity contribution in [3.63, 3.8) is 0 Å². The number of amides is 3. The Morgan fingerprint density at radius 2 is 1.88 bits per heavy atom. The summed E-state index contributed by atoms with van der Waals surface area (Å²) in [7, 11) is 0. The largest absolute Gasteiger partial charge is 0.384 e. The average Bonchev–Trinajstić information content (AvgIpc) is 3.74. The van der Waals surface area contributed by atoms with Crippen molar-refractivity contribution in [1.82, 2.24) is 15.1 Å². The lowest BCUT2D eigenvalue weighted by Gasteiger charge is -2.31. The zero-order valence-corrected chi connectivity index (χ0v) is 23.8. The number of nitrogens with one attached hydrogen (secondary N) is 2. The number of carbonyl (C=O) groups is 3. The van der Waals surface area contributed by atoms with Gasteiger partial charge >= 0.3 is 0 Å². The number of rotatable bonds is 7. The Kier molecular flexibility index (Phi) is 7.71. The molecule has 1 aromatic heterocycles. The van der Waals surface area contributed by atoms with Gasteiger partial charge in [0, 0.05) is 46.0 Å². The van der Waals surface area contributed by atoms with Crippen molar-refractivity contribution in [2.45, 2.75) is 31.2 Å². The molecule has 1 unspecified atom stereocenters. The van der Waals surface area contributed by atoms with Gasteiger partial charge in [-0.05, 0) is 41.8 Å². The maximum Gasteiger partial charge on any atom is 0.254 e. The van der Waals surface area contributed by atoms with E-state index < -0.39 is 29.4 Å². The van der Waals surface area contributed by atoms with Gasteiger partial charge in [0.15, 0.2) is 5.79 Å². The summed E-state index contributed by atoms with van der Waals surface area (Å²) in [5.74, 6) is -3.63. The van der Waals surface area contributed by atoms with Crippen LogP contribution in [0, 0.1) is 17.0 Å². The summed E-state index contributed by atoms with van der Waals surface area (Å²) in [6.45, 7) is 0.985. The number of fused-ring (bicyclic) bond motifs is 1. The first kappa shape index (κ1) is 28.9. The second-order valence-electron chi connectivity index (χ2n) is 10.8. The summed E-state index contributed by atoms with van der Waals surface area (Å²) < 4.78 is 39.3. The summed E-state index contributed by atoms with van der Waals surface area (Å²) in [6.07, 6.45) is 0.599. The Morgan fingerprint density at radius 3 is 2.60 bits per heavy atom. The number of nitrogen functional groups attached to an aromatic ring is 1. The molecule has 13 heteroatoms. The van der Waals surface area contributed by atoms with Gasteiger partial charge in [-0.2, -0.15) is 0 Å². The fourth-order valence-electron chi connectivity index (χ4n) is 5.78. The smallest absolute Gasteiger partial charge is 0.254 e. The Morgan fingerprint density at radius 1 is 1.12 bits per heavy atom. The third-order valence-corrected chi connectivity index (χ3v) is 8.91. The van der Waals surface area contributed by atoms with Gasteiger partial charge in [0.05, 0.1) is 26.3 Å². The number of ether oxygens (including phenoxy) is 2. The highest BCUT2D eigenvalue weighted by atomic mass is 32.1. The number of carbonyl (C=O) groups excluding carboxylic acids is 3. The molecule has 224 valence electrons. The fraction of sp³-hybridized carbons (Fsp3) is 0.333. The molecule has 0 radical (unpaired) electrons. The van der Waals surface area contributed by atoms with Crippen LogP contribution >= 0.6 is 11.3 Å². The molecule has 3 aliphatic heterocycles. The lowest BCUT2D eigenvalue weighted by Crippen LogP contribution is -2.51. The van der Waals surface area contributed by atoms with Gasteiger partial charge in [-0.3, -0.25) is 19.8 Å². The first-order chi connectivity index (χ1) is 20.6. The molecule has 4 heterocycles. The zero-order valence-electron chi connectivity index (χ0n) is 23.0. The Balaban J connectivity index is 1.15. The molecule has 3 amide bonds. The predicted molar refractivity (Wildman–Crippen MR) is 153 cm³/mol. The molecule has 3 aliphatic rings. The molecule has 1 spiro atoms. The van der Waals surface area contributed by atoms with Gasteiger partial charge in [0.1, 0.15) is 30.1 Å². The lowest BCUT2D eigenvalue weighted by atomic mass is 9.94. The first-order valence-electron chi connectivity index (χ1n) is 13.8. The SMILES string of the molecule is N=C(N)c1csc(CNC(=O)C2CC3(CN2C(=O)CN2CCc4cc(-c5ccc(F)cc5F)ccc4C2=O)OCCO3)c1. The molecule has 4 N–H and O–H groups in total. The van der Waals surface area contributed by atoms with Gasteiger partial charge < -0.3 is 30.3 Å². The molecular weight excluding hydrogens is 580 g/mol. The van der Waals surface area contributed by atoms with Crippen LogP contribution in [-0.2, 0) is 32.0 Å². The van der Waals surface area contributed by atoms with Crippen molar-refractivity contribution in [2.24, 2.45) is 5.73 Å². The van der Waals surface area contributed by atoms with Crippen LogP contribution in [0.1, 0.15) is 32.8 Å². The van der Waals surface area contributed by atoms with Crippen LogP contribution in [0.25, 0.3) is 11.1 Å². The van der Waals surface area contributed by atoms with Crippen LogP contribution in [0.4, 0.5) is 8.78 Å². The van der Waals surface area contributed by atoms with Crippen molar-refractivity contribution < 1.29 is 32.6 Å². The molecule has 2 saturated heterocycles. The van der Waals surface area contributed by atoms with Crippen molar-refractivity contribution in [2.75, 3.05) is 32.8 Å². The number of likely N-dealkylation sites (tertiary alicyclic amines) is 1. The highest BCUT2D eigenvalue weighted by molar-refractivity contribution is 7.10. The molecule has 1 atom stereocenters. The Hall–Kier alpha value is -4.20. The predicted octanol–water partition coefficient (Wildman–Crippen LogP) is 2.64. The van der Waals surface area contributed by atoms with Crippen molar-refractivity contribution >= 4 is 34.9 Å². The molecule has 0 saturated carbocycles. The van der Waals surface area contributed by atoms with Gasteiger partial charge in [-0.25, -0.2) is 8.78 Å². The second-order valence-corrected chi connectivity index (χ2v) is 11.8. The number of thiophene rings is 1. The third kappa shape index (κ3) is 5.75. The minimum atomic E-state index is -1.08. The van der Waals surface area contributed by atoms with E-state index in [9.17, 15) is 23.2 Å². The molecule has 6 rings (SSSR count). The topological polar surface area (TPSA) is 138 Å². The van der Waals surface area contributed by atoms with E-state index in [1.807, 2.05) is 0 Å². The van der Waals surface area contributed by atoms with Gasteiger partial charge in [-0.1, -0.05) is 12.1 Å². The number of halogens is 2. The second kappa shape index (κ2) is 11.5. The summed E-state index contributed by atoms with van der Waals surface area (Å²) in [6, 6.07) is 9.14. The highest BCUT2D eigenvalue weighted by Crippen LogP contribution is 2.35. The number of hydrogen-bond donors (Lipinski definition) is 3. The molecular formula is C30H29F2N5O5S. The van der Waals surface area contributed by atoms with Crippen LogP contribution in [0.3, 0.4) is 0 Å².